The summed E-state index contributed by atoms with van der Waals surface area (Å²) in [5, 5.41) is 2.94. The molecule has 2 saturated heterocycles. The van der Waals surface area contributed by atoms with Crippen molar-refractivity contribution in [3.63, 3.8) is 0 Å². The highest BCUT2D eigenvalue weighted by atomic mass is 32.2. The smallest absolute Gasteiger partial charge is 0.257 e. The molecule has 2 aromatic rings. The summed E-state index contributed by atoms with van der Waals surface area (Å²) < 4.78 is 40.5. The minimum Gasteiger partial charge on any atom is -0.371 e. The van der Waals surface area contributed by atoms with Crippen molar-refractivity contribution >= 4 is 27.3 Å². The first kappa shape index (κ1) is 28.1. The lowest BCUT2D eigenvalue weighted by Crippen LogP contribution is -2.40. The van der Waals surface area contributed by atoms with E-state index in [0.29, 0.717) is 23.3 Å². The van der Waals surface area contributed by atoms with Gasteiger partial charge in [-0.2, -0.15) is 0 Å². The van der Waals surface area contributed by atoms with Crippen LogP contribution < -0.4 is 14.9 Å². The van der Waals surface area contributed by atoms with E-state index in [1.165, 1.54) is 25.0 Å². The molecule has 1 spiro atoms. The number of sulfonamides is 1. The summed E-state index contributed by atoms with van der Waals surface area (Å²) in [6, 6.07) is 12.2. The van der Waals surface area contributed by atoms with Crippen LogP contribution in [0.5, 0.6) is 0 Å². The second kappa shape index (κ2) is 9.58. The number of piperidine rings is 1. The van der Waals surface area contributed by atoms with Gasteiger partial charge in [-0.05, 0) is 109 Å². The lowest BCUT2D eigenvalue weighted by atomic mass is 9.91. The monoisotopic (exact) mass is 555 g/mol. The molecule has 1 aliphatic carbocycles. The molecule has 1 saturated carbocycles. The highest BCUT2D eigenvalue weighted by Crippen LogP contribution is 2.54. The van der Waals surface area contributed by atoms with Crippen LogP contribution in [0.1, 0.15) is 83.1 Å². The summed E-state index contributed by atoms with van der Waals surface area (Å²) in [5.41, 5.74) is 2.06. The van der Waals surface area contributed by atoms with E-state index in [0.717, 1.165) is 37.2 Å². The number of anilines is 2. The highest BCUT2D eigenvalue weighted by molar-refractivity contribution is 7.89. The Morgan fingerprint density at radius 2 is 1.67 bits per heavy atom. The van der Waals surface area contributed by atoms with E-state index in [4.69, 9.17) is 9.47 Å². The van der Waals surface area contributed by atoms with Gasteiger partial charge in [0, 0.05) is 30.0 Å². The third kappa shape index (κ3) is 6.16. The van der Waals surface area contributed by atoms with Gasteiger partial charge in [0.25, 0.3) is 5.91 Å². The van der Waals surface area contributed by atoms with Gasteiger partial charge in [0.2, 0.25) is 10.0 Å². The van der Waals surface area contributed by atoms with Gasteiger partial charge in [-0.15, -0.1) is 0 Å². The van der Waals surface area contributed by atoms with Crippen molar-refractivity contribution in [3.8, 4) is 0 Å². The molecule has 8 nitrogen and oxygen atoms in total. The summed E-state index contributed by atoms with van der Waals surface area (Å²) in [6.07, 6.45) is 4.86. The highest BCUT2D eigenvalue weighted by Gasteiger charge is 2.46. The van der Waals surface area contributed by atoms with Gasteiger partial charge < -0.3 is 19.7 Å². The standard InChI is InChI=1S/C30H41N3O5S/c1-27(2,3)32-39(35,36)23-9-7-8-22(19-23)31-26(34)24-11-10-21(29(6)20-37-28(4,5)38-29)18-25(24)33-16-14-30(12-13-30)15-17-33/h7-11,18-19,32H,12-17,20H2,1-6H3,(H,31,34). The van der Waals surface area contributed by atoms with E-state index in [1.807, 2.05) is 32.9 Å². The second-order valence-electron chi connectivity index (χ2n) is 13.1. The van der Waals surface area contributed by atoms with Gasteiger partial charge >= 0.3 is 0 Å². The van der Waals surface area contributed by atoms with Crippen molar-refractivity contribution in [1.82, 2.24) is 4.72 Å². The molecular formula is C30H41N3O5S. The van der Waals surface area contributed by atoms with Gasteiger partial charge in [-0.1, -0.05) is 12.1 Å². The van der Waals surface area contributed by atoms with E-state index in [1.54, 1.807) is 32.9 Å². The van der Waals surface area contributed by atoms with Crippen molar-refractivity contribution < 1.29 is 22.7 Å². The number of benzene rings is 2. The lowest BCUT2D eigenvalue weighted by molar-refractivity contribution is -0.159. The fourth-order valence-corrected chi connectivity index (χ4v) is 7.13. The fourth-order valence-electron chi connectivity index (χ4n) is 5.67. The Morgan fingerprint density at radius 3 is 2.26 bits per heavy atom. The number of carbonyl (C=O) groups is 1. The molecule has 5 rings (SSSR count). The summed E-state index contributed by atoms with van der Waals surface area (Å²) in [7, 11) is -3.74. The molecular weight excluding hydrogens is 514 g/mol. The van der Waals surface area contributed by atoms with Crippen molar-refractivity contribution in [2.75, 3.05) is 29.9 Å². The molecule has 212 valence electrons. The lowest BCUT2D eigenvalue weighted by Gasteiger charge is -2.36. The second-order valence-corrected chi connectivity index (χ2v) is 14.8. The number of carbonyl (C=O) groups excluding carboxylic acids is 1. The largest absolute Gasteiger partial charge is 0.371 e. The Bertz CT molecular complexity index is 1370. The molecule has 0 aromatic heterocycles. The predicted molar refractivity (Wildman–Crippen MR) is 152 cm³/mol. The van der Waals surface area contributed by atoms with Crippen LogP contribution in [0.2, 0.25) is 0 Å². The quantitative estimate of drug-likeness (QED) is 0.496. The zero-order valence-corrected chi connectivity index (χ0v) is 24.7. The Hall–Kier alpha value is -2.46. The number of nitrogens with zero attached hydrogens (tertiary/aromatic N) is 1. The molecule has 2 aliphatic heterocycles. The molecule has 2 heterocycles. The van der Waals surface area contributed by atoms with Crippen molar-refractivity contribution in [3.05, 3.63) is 53.6 Å². The van der Waals surface area contributed by atoms with Crippen LogP contribution in [0.3, 0.4) is 0 Å². The Morgan fingerprint density at radius 1 is 0.974 bits per heavy atom. The number of hydrogen-bond donors (Lipinski definition) is 2. The molecule has 1 atom stereocenters. The van der Waals surface area contributed by atoms with Crippen LogP contribution in [0.15, 0.2) is 47.4 Å². The van der Waals surface area contributed by atoms with Crippen LogP contribution in [0.25, 0.3) is 0 Å². The normalized spacial score (nSPS) is 24.1. The maximum atomic E-state index is 13.7. The average Bonchev–Trinajstić information content (AvgIpc) is 3.52. The first-order valence-corrected chi connectivity index (χ1v) is 15.3. The van der Waals surface area contributed by atoms with E-state index in [-0.39, 0.29) is 10.8 Å². The third-order valence-electron chi connectivity index (χ3n) is 7.98. The van der Waals surface area contributed by atoms with Crippen LogP contribution in [0.4, 0.5) is 11.4 Å². The summed E-state index contributed by atoms with van der Waals surface area (Å²) in [5.74, 6) is -0.961. The maximum absolute atomic E-state index is 13.7. The third-order valence-corrected chi connectivity index (χ3v) is 9.74. The maximum Gasteiger partial charge on any atom is 0.257 e. The number of amides is 1. The van der Waals surface area contributed by atoms with Crippen LogP contribution in [0, 0.1) is 5.41 Å². The van der Waals surface area contributed by atoms with E-state index in [9.17, 15) is 13.2 Å². The molecule has 39 heavy (non-hydrogen) atoms. The van der Waals surface area contributed by atoms with E-state index >= 15 is 0 Å². The first-order chi connectivity index (χ1) is 18.1. The minimum atomic E-state index is -3.74. The summed E-state index contributed by atoms with van der Waals surface area (Å²) in [6.45, 7) is 13.4. The zero-order chi connectivity index (χ0) is 28.3. The molecule has 1 amide bonds. The van der Waals surface area contributed by atoms with Crippen molar-refractivity contribution in [2.45, 2.75) is 89.0 Å². The van der Waals surface area contributed by atoms with Crippen LogP contribution in [-0.2, 0) is 25.1 Å². The number of nitrogens with one attached hydrogen (secondary N) is 2. The Balaban J connectivity index is 1.44. The van der Waals surface area contributed by atoms with Gasteiger partial charge in [-0.3, -0.25) is 4.79 Å². The van der Waals surface area contributed by atoms with Crippen LogP contribution in [-0.4, -0.2) is 45.3 Å². The van der Waals surface area contributed by atoms with Crippen LogP contribution >= 0.6 is 0 Å². The molecule has 0 radical (unpaired) electrons. The van der Waals surface area contributed by atoms with Gasteiger partial charge in [-0.25, -0.2) is 13.1 Å². The molecule has 0 bridgehead atoms. The Labute approximate surface area is 232 Å². The van der Waals surface area contributed by atoms with E-state index < -0.39 is 27.0 Å². The Kier molecular flexibility index (Phi) is 6.90. The topological polar surface area (TPSA) is 97.0 Å². The number of ether oxygens (including phenoxy) is 2. The molecule has 1 unspecified atom stereocenters. The molecule has 9 heteroatoms. The summed E-state index contributed by atoms with van der Waals surface area (Å²) in [4.78, 5) is 16.1. The van der Waals surface area contributed by atoms with Gasteiger partial charge in [0.15, 0.2) is 5.79 Å². The first-order valence-electron chi connectivity index (χ1n) is 13.8. The van der Waals surface area contributed by atoms with Gasteiger partial charge in [0.1, 0.15) is 5.60 Å². The fraction of sp³-hybridized carbons (Fsp3) is 0.567. The van der Waals surface area contributed by atoms with Crippen molar-refractivity contribution in [1.29, 1.82) is 0 Å². The zero-order valence-electron chi connectivity index (χ0n) is 23.9. The molecule has 3 fully saturated rings. The number of hydrogen-bond acceptors (Lipinski definition) is 6. The van der Waals surface area contributed by atoms with Gasteiger partial charge in [0.05, 0.1) is 17.1 Å². The molecule has 2 aromatic carbocycles. The van der Waals surface area contributed by atoms with E-state index in [2.05, 4.69) is 21.0 Å². The summed E-state index contributed by atoms with van der Waals surface area (Å²) >= 11 is 0. The number of rotatable bonds is 6. The molecule has 3 aliphatic rings. The molecule has 2 N–H and O–H groups in total. The van der Waals surface area contributed by atoms with Crippen molar-refractivity contribution in [2.24, 2.45) is 5.41 Å². The average molecular weight is 556 g/mol. The predicted octanol–water partition coefficient (Wildman–Crippen LogP) is 5.39. The SMILES string of the molecule is CC(C)(C)NS(=O)(=O)c1cccc(NC(=O)c2ccc(C3(C)COC(C)(C)O3)cc2N2CCC3(CC2)CC3)c1. The minimum absolute atomic E-state index is 0.102.